The molecule has 0 unspecified atom stereocenters. The average molecular weight is 673 g/mol. The third kappa shape index (κ3) is 15.9. The maximum atomic E-state index is 13.3. The Morgan fingerprint density at radius 1 is 0.875 bits per heavy atom. The molecule has 0 fully saturated rings. The van der Waals surface area contributed by atoms with E-state index in [9.17, 15) is 27.6 Å². The number of amides is 1. The summed E-state index contributed by atoms with van der Waals surface area (Å²) in [5, 5.41) is 20.6. The molecule has 0 aliphatic rings. The lowest BCUT2D eigenvalue weighted by molar-refractivity contribution is -0.368. The Kier molecular flexibility index (Phi) is 16.9. The van der Waals surface area contributed by atoms with Crippen molar-refractivity contribution in [2.24, 2.45) is 0 Å². The second-order valence-corrected chi connectivity index (χ2v) is 10.5. The van der Waals surface area contributed by atoms with Crippen molar-refractivity contribution in [3.8, 4) is 11.5 Å². The van der Waals surface area contributed by atoms with Crippen LogP contribution in [0.25, 0.3) is 6.08 Å². The van der Waals surface area contributed by atoms with Crippen LogP contribution in [0.4, 0.5) is 13.2 Å². The first-order chi connectivity index (χ1) is 22.9. The molecule has 258 valence electrons. The molecule has 0 saturated heterocycles. The fraction of sp³-hybridized carbons (Fsp3) is 0.314. The normalized spacial score (nSPS) is 11.6. The van der Waals surface area contributed by atoms with Crippen molar-refractivity contribution in [2.75, 3.05) is 13.2 Å². The molecule has 0 spiro atoms. The van der Waals surface area contributed by atoms with E-state index in [0.29, 0.717) is 18.6 Å². The highest BCUT2D eigenvalue weighted by atomic mass is 19.4. The quantitative estimate of drug-likeness (QED) is 0.0847. The molecule has 0 bridgehead atoms. The van der Waals surface area contributed by atoms with Crippen molar-refractivity contribution >= 4 is 29.9 Å². The van der Waals surface area contributed by atoms with Crippen LogP contribution in [0.1, 0.15) is 48.8 Å². The molecule has 13 heteroatoms. The maximum absolute atomic E-state index is 13.3. The van der Waals surface area contributed by atoms with E-state index in [-0.39, 0.29) is 24.5 Å². The molecule has 5 N–H and O–H groups in total. The van der Waals surface area contributed by atoms with Crippen LogP contribution < -0.4 is 25.6 Å². The third-order valence-electron chi connectivity index (χ3n) is 6.65. The molecule has 0 heterocycles. The predicted octanol–water partition coefficient (Wildman–Crippen LogP) is 3.53. The first-order valence-electron chi connectivity index (χ1n) is 15.2. The number of carbonyl (C=O) groups is 4. The Morgan fingerprint density at radius 2 is 1.50 bits per heavy atom. The minimum absolute atomic E-state index is 0.206. The molecule has 0 aromatic heterocycles. The lowest BCUT2D eigenvalue weighted by Crippen LogP contribution is -2.50. The summed E-state index contributed by atoms with van der Waals surface area (Å²) < 4.78 is 43.1. The van der Waals surface area contributed by atoms with E-state index in [1.807, 2.05) is 54.6 Å². The number of esters is 1. The zero-order chi connectivity index (χ0) is 35.4. The monoisotopic (exact) mass is 672 g/mol. The van der Waals surface area contributed by atoms with Crippen molar-refractivity contribution < 1.29 is 57.8 Å². The molecule has 3 aromatic carbocycles. The number of rotatable bonds is 17. The highest BCUT2D eigenvalue weighted by Gasteiger charge is 2.29. The summed E-state index contributed by atoms with van der Waals surface area (Å²) in [5.74, 6) is -4.08. The van der Waals surface area contributed by atoms with Crippen LogP contribution in [-0.4, -0.2) is 54.3 Å². The van der Waals surface area contributed by atoms with Crippen LogP contribution >= 0.6 is 0 Å². The van der Waals surface area contributed by atoms with Crippen LogP contribution in [0.3, 0.4) is 0 Å². The van der Waals surface area contributed by atoms with E-state index < -0.39 is 30.1 Å². The van der Waals surface area contributed by atoms with E-state index in [4.69, 9.17) is 24.5 Å². The van der Waals surface area contributed by atoms with Gasteiger partial charge >= 0.3 is 18.1 Å². The van der Waals surface area contributed by atoms with Crippen LogP contribution in [0, 0.1) is 0 Å². The molecule has 3 rings (SSSR count). The van der Waals surface area contributed by atoms with Crippen LogP contribution in [0.15, 0.2) is 84.9 Å². The number of hydrogen-bond donors (Lipinski definition) is 3. The largest absolute Gasteiger partial charge is 0.542 e. The summed E-state index contributed by atoms with van der Waals surface area (Å²) in [4.78, 5) is 46.0. The number of halogens is 3. The summed E-state index contributed by atoms with van der Waals surface area (Å²) in [6.07, 6.45) is 2.48. The summed E-state index contributed by atoms with van der Waals surface area (Å²) in [6, 6.07) is 22.8. The molecule has 10 nitrogen and oxygen atoms in total. The number of ether oxygens (including phenoxy) is 2. The van der Waals surface area contributed by atoms with Gasteiger partial charge in [-0.2, -0.15) is 13.2 Å². The predicted molar refractivity (Wildman–Crippen MR) is 168 cm³/mol. The molecule has 0 radical (unpaired) electrons. The van der Waals surface area contributed by atoms with E-state index in [1.165, 1.54) is 6.08 Å². The van der Waals surface area contributed by atoms with Crippen molar-refractivity contribution in [3.63, 3.8) is 0 Å². The van der Waals surface area contributed by atoms with Gasteiger partial charge < -0.3 is 35.5 Å². The number of para-hydroxylation sites is 1. The Labute approximate surface area is 276 Å². The first kappa shape index (κ1) is 39.0. The molecule has 1 atom stereocenters. The maximum Gasteiger partial charge on any atom is 0.430 e. The smallest absolute Gasteiger partial charge is 0.430 e. The molecule has 0 saturated carbocycles. The average Bonchev–Trinajstić information content (AvgIpc) is 3.05. The number of benzene rings is 3. The number of aliphatic carboxylic acids is 2. The molecule has 0 aliphatic heterocycles. The third-order valence-corrected chi connectivity index (χ3v) is 6.65. The van der Waals surface area contributed by atoms with Crippen LogP contribution in [-0.2, 0) is 32.0 Å². The summed E-state index contributed by atoms with van der Waals surface area (Å²) in [6.45, 7) is 1.59. The highest BCUT2D eigenvalue weighted by Crippen LogP contribution is 2.21. The summed E-state index contributed by atoms with van der Waals surface area (Å²) in [7, 11) is 0. The number of hydrogen-bond acceptors (Lipinski definition) is 7. The van der Waals surface area contributed by atoms with Gasteiger partial charge in [-0.1, -0.05) is 60.7 Å². The Bertz CT molecular complexity index is 1480. The number of carboxylic acid groups (broad SMARTS) is 2. The van der Waals surface area contributed by atoms with E-state index in [0.717, 1.165) is 55.2 Å². The zero-order valence-corrected chi connectivity index (χ0v) is 26.2. The van der Waals surface area contributed by atoms with Crippen molar-refractivity contribution in [1.82, 2.24) is 5.32 Å². The van der Waals surface area contributed by atoms with E-state index in [2.05, 4.69) is 11.1 Å². The van der Waals surface area contributed by atoms with Crippen molar-refractivity contribution in [1.29, 1.82) is 0 Å². The van der Waals surface area contributed by atoms with Gasteiger partial charge in [-0.15, -0.1) is 0 Å². The Morgan fingerprint density at radius 3 is 2.12 bits per heavy atom. The minimum atomic E-state index is -5.19. The highest BCUT2D eigenvalue weighted by molar-refractivity contribution is 5.88. The van der Waals surface area contributed by atoms with Crippen molar-refractivity contribution in [2.45, 2.75) is 57.2 Å². The number of aryl methyl sites for hydroxylation is 1. The molecule has 48 heavy (non-hydrogen) atoms. The molecular weight excluding hydrogens is 633 g/mol. The van der Waals surface area contributed by atoms with Gasteiger partial charge in [0, 0.05) is 24.5 Å². The second kappa shape index (κ2) is 20.9. The number of nitrogens with one attached hydrogen (secondary N) is 1. The topological polar surface area (TPSA) is 170 Å². The molecule has 1 amide bonds. The van der Waals surface area contributed by atoms with E-state index in [1.54, 1.807) is 24.3 Å². The summed E-state index contributed by atoms with van der Waals surface area (Å²) >= 11 is 0. The van der Waals surface area contributed by atoms with E-state index >= 15 is 0 Å². The fourth-order valence-electron chi connectivity index (χ4n) is 4.19. The lowest BCUT2D eigenvalue weighted by atomic mass is 10.0. The number of carboxylic acids is 2. The number of unbranched alkanes of at least 4 members (excludes halogenated alkanes) is 3. The van der Waals surface area contributed by atoms with Gasteiger partial charge in [-0.05, 0) is 67.5 Å². The van der Waals surface area contributed by atoms with Gasteiger partial charge in [0.25, 0.3) is 0 Å². The van der Waals surface area contributed by atoms with Gasteiger partial charge in [0.2, 0.25) is 5.91 Å². The van der Waals surface area contributed by atoms with Gasteiger partial charge in [0.15, 0.2) is 0 Å². The number of alkyl halides is 3. The van der Waals surface area contributed by atoms with Gasteiger partial charge in [-0.25, -0.2) is 9.59 Å². The Balaban J connectivity index is 0.00000103. The SMILES string of the molecule is O=C([O-])C(F)(F)F.[NH3+]CCCCCCOc1ccc(C[C@H](NC(=O)CCc2ccccc2)C(=O)Oc2ccccc2/C=C\C(=O)O)cc1. The van der Waals surface area contributed by atoms with Gasteiger partial charge in [0.1, 0.15) is 23.5 Å². The first-order valence-corrected chi connectivity index (χ1v) is 15.2. The van der Waals surface area contributed by atoms with Crippen LogP contribution in [0.2, 0.25) is 0 Å². The fourth-order valence-corrected chi connectivity index (χ4v) is 4.19. The zero-order valence-electron chi connectivity index (χ0n) is 26.2. The minimum Gasteiger partial charge on any atom is -0.542 e. The molecular formula is C35H39F3N2O8. The standard InChI is InChI=1S/C33H38N2O6.C2HF3O2/c34-22-8-1-2-9-23-40-28-18-14-26(15-19-28)24-29(35-31(36)20-16-25-10-4-3-5-11-25)33(39)41-30-13-7-6-12-27(30)17-21-32(37)38;3-2(4,5)1(6)7/h3-7,10-15,17-19,21,29H,1-2,8-9,16,20,22-24,34H2,(H,35,36)(H,37,38);(H,6,7)/b21-17-;/t29-;/m0./s1. The van der Waals surface area contributed by atoms with Crippen LogP contribution in [0.5, 0.6) is 11.5 Å². The second-order valence-electron chi connectivity index (χ2n) is 10.5. The van der Waals surface area contributed by atoms with Gasteiger partial charge in [0.05, 0.1) is 13.2 Å². The number of quaternary nitrogens is 1. The Hall–Kier alpha value is -5.17. The molecule has 0 aliphatic carbocycles. The number of carbonyl (C=O) groups excluding carboxylic acids is 3. The summed E-state index contributed by atoms with van der Waals surface area (Å²) in [5.41, 5.74) is 6.15. The van der Waals surface area contributed by atoms with Gasteiger partial charge in [-0.3, -0.25) is 4.79 Å². The molecule has 3 aromatic rings. The lowest BCUT2D eigenvalue weighted by Gasteiger charge is -2.19. The van der Waals surface area contributed by atoms with Crippen molar-refractivity contribution in [3.05, 3.63) is 102 Å².